The van der Waals surface area contributed by atoms with Crippen molar-refractivity contribution >= 4 is 34.2 Å². The average molecular weight is 422 g/mol. The predicted octanol–water partition coefficient (Wildman–Crippen LogP) is 4.69. The molecule has 30 heavy (non-hydrogen) atoms. The van der Waals surface area contributed by atoms with Crippen molar-refractivity contribution < 1.29 is 9.90 Å². The van der Waals surface area contributed by atoms with Gasteiger partial charge in [0, 0.05) is 29.5 Å². The van der Waals surface area contributed by atoms with Gasteiger partial charge in [-0.15, -0.1) is 0 Å². The zero-order valence-electron chi connectivity index (χ0n) is 16.5. The lowest BCUT2D eigenvalue weighted by atomic mass is 10.1. The monoisotopic (exact) mass is 421 g/mol. The molecule has 0 unspecified atom stereocenters. The summed E-state index contributed by atoms with van der Waals surface area (Å²) in [5.41, 5.74) is 6.43. The number of hydrogen-bond acceptors (Lipinski definition) is 3. The lowest BCUT2D eigenvalue weighted by Gasteiger charge is -2.17. The molecule has 0 fully saturated rings. The van der Waals surface area contributed by atoms with E-state index < -0.39 is 11.4 Å². The van der Waals surface area contributed by atoms with Crippen LogP contribution in [0.1, 0.15) is 27.3 Å². The van der Waals surface area contributed by atoms with Gasteiger partial charge in [-0.1, -0.05) is 41.9 Å². The van der Waals surface area contributed by atoms with Crippen LogP contribution >= 0.6 is 11.6 Å². The molecular formula is C23H20ClN3O3. The van der Waals surface area contributed by atoms with Crippen LogP contribution in [0.5, 0.6) is 0 Å². The Hall–Kier alpha value is -3.51. The number of hydrogen-bond donors (Lipinski definition) is 2. The molecule has 0 aliphatic carbocycles. The number of rotatable bonds is 5. The Labute approximate surface area is 177 Å². The third kappa shape index (κ3) is 3.57. The third-order valence-corrected chi connectivity index (χ3v) is 5.41. The van der Waals surface area contributed by atoms with Crippen molar-refractivity contribution in [2.75, 3.05) is 5.43 Å². The van der Waals surface area contributed by atoms with E-state index in [-0.39, 0.29) is 5.56 Å². The van der Waals surface area contributed by atoms with Crippen LogP contribution in [0.25, 0.3) is 10.9 Å². The van der Waals surface area contributed by atoms with Gasteiger partial charge in [0.2, 0.25) is 5.43 Å². The van der Waals surface area contributed by atoms with Crippen LogP contribution in [0.3, 0.4) is 0 Å². The van der Waals surface area contributed by atoms with Gasteiger partial charge >= 0.3 is 5.97 Å². The summed E-state index contributed by atoms with van der Waals surface area (Å²) >= 11 is 6.55. The SMILES string of the molecule is Cc1ccc(C)n1Nc1cc2c(=O)c(C(=O)O)cn(Cc3ccccc3)c2cc1Cl. The zero-order chi connectivity index (χ0) is 21.4. The Balaban J connectivity index is 1.91. The van der Waals surface area contributed by atoms with Crippen molar-refractivity contribution in [3.05, 3.63) is 98.6 Å². The van der Waals surface area contributed by atoms with Gasteiger partial charge in [0.25, 0.3) is 0 Å². The molecule has 0 spiro atoms. The van der Waals surface area contributed by atoms with E-state index in [4.69, 9.17) is 11.6 Å². The topological polar surface area (TPSA) is 76.3 Å². The van der Waals surface area contributed by atoms with Crippen LogP contribution in [0.15, 0.2) is 65.6 Å². The first-order valence-corrected chi connectivity index (χ1v) is 9.79. The van der Waals surface area contributed by atoms with Gasteiger partial charge in [0.1, 0.15) is 5.56 Å². The first-order valence-electron chi connectivity index (χ1n) is 9.41. The van der Waals surface area contributed by atoms with E-state index >= 15 is 0 Å². The number of carboxylic acids is 1. The van der Waals surface area contributed by atoms with Gasteiger partial charge in [-0.2, -0.15) is 0 Å². The smallest absolute Gasteiger partial charge is 0.341 e. The Kier molecular flexibility index (Phi) is 5.10. The van der Waals surface area contributed by atoms with Crippen LogP contribution in [-0.4, -0.2) is 20.3 Å². The largest absolute Gasteiger partial charge is 0.477 e. The molecule has 0 radical (unpaired) electrons. The fourth-order valence-corrected chi connectivity index (χ4v) is 3.73. The molecule has 6 nitrogen and oxygen atoms in total. The fraction of sp³-hybridized carbons (Fsp3) is 0.130. The van der Waals surface area contributed by atoms with Gasteiger partial charge in [-0.05, 0) is 43.7 Å². The summed E-state index contributed by atoms with van der Waals surface area (Å²) in [6.07, 6.45) is 1.38. The quantitative estimate of drug-likeness (QED) is 0.490. The summed E-state index contributed by atoms with van der Waals surface area (Å²) < 4.78 is 3.61. The van der Waals surface area contributed by atoms with Gasteiger partial charge in [0.15, 0.2) is 0 Å². The molecule has 0 saturated heterocycles. The molecular weight excluding hydrogens is 402 g/mol. The minimum atomic E-state index is -1.26. The maximum absolute atomic E-state index is 12.9. The molecule has 0 saturated carbocycles. The van der Waals surface area contributed by atoms with E-state index in [2.05, 4.69) is 5.43 Å². The highest BCUT2D eigenvalue weighted by Crippen LogP contribution is 2.28. The summed E-state index contributed by atoms with van der Waals surface area (Å²) in [6, 6.07) is 16.9. The highest BCUT2D eigenvalue weighted by molar-refractivity contribution is 6.34. The van der Waals surface area contributed by atoms with E-state index in [1.165, 1.54) is 6.20 Å². The minimum absolute atomic E-state index is 0.278. The number of aromatic carboxylic acids is 1. The average Bonchev–Trinajstić information content (AvgIpc) is 3.03. The predicted molar refractivity (Wildman–Crippen MR) is 119 cm³/mol. The first-order chi connectivity index (χ1) is 14.3. The molecule has 7 heteroatoms. The van der Waals surface area contributed by atoms with Crippen molar-refractivity contribution in [1.29, 1.82) is 0 Å². The normalized spacial score (nSPS) is 11.0. The number of aromatic nitrogens is 2. The summed E-state index contributed by atoms with van der Waals surface area (Å²) in [4.78, 5) is 24.6. The highest BCUT2D eigenvalue weighted by atomic mass is 35.5. The second-order valence-corrected chi connectivity index (χ2v) is 7.61. The van der Waals surface area contributed by atoms with E-state index in [0.717, 1.165) is 17.0 Å². The van der Waals surface area contributed by atoms with Crippen molar-refractivity contribution in [2.24, 2.45) is 0 Å². The summed E-state index contributed by atoms with van der Waals surface area (Å²) in [5.74, 6) is -1.26. The number of carbonyl (C=O) groups is 1. The van der Waals surface area contributed by atoms with E-state index in [9.17, 15) is 14.7 Å². The molecule has 2 heterocycles. The standard InChI is InChI=1S/C23H20ClN3O3/c1-14-8-9-15(2)27(14)25-20-10-17-21(11-19(20)24)26(12-16-6-4-3-5-7-16)13-18(22(17)28)23(29)30/h3-11,13,25H,12H2,1-2H3,(H,29,30). The number of benzene rings is 2. The maximum Gasteiger partial charge on any atom is 0.341 e. The Morgan fingerprint density at radius 3 is 2.37 bits per heavy atom. The number of nitrogens with zero attached hydrogens (tertiary/aromatic N) is 2. The number of nitrogens with one attached hydrogen (secondary N) is 1. The van der Waals surface area contributed by atoms with Crippen LogP contribution < -0.4 is 10.9 Å². The molecule has 2 aromatic carbocycles. The molecule has 152 valence electrons. The first kappa shape index (κ1) is 19.8. The molecule has 0 aliphatic heterocycles. The summed E-state index contributed by atoms with van der Waals surface area (Å²) in [5, 5.41) is 10.3. The molecule has 2 aromatic heterocycles. The van der Waals surface area contributed by atoms with Crippen LogP contribution in [0.2, 0.25) is 5.02 Å². The van der Waals surface area contributed by atoms with Crippen molar-refractivity contribution in [2.45, 2.75) is 20.4 Å². The second kappa shape index (κ2) is 7.72. The van der Waals surface area contributed by atoms with Crippen LogP contribution in [0, 0.1) is 13.8 Å². The number of halogens is 1. The Morgan fingerprint density at radius 2 is 1.73 bits per heavy atom. The minimum Gasteiger partial charge on any atom is -0.477 e. The van der Waals surface area contributed by atoms with E-state index in [0.29, 0.717) is 28.2 Å². The van der Waals surface area contributed by atoms with Gasteiger partial charge < -0.3 is 9.67 Å². The van der Waals surface area contributed by atoms with Crippen molar-refractivity contribution in [3.63, 3.8) is 0 Å². The van der Waals surface area contributed by atoms with Gasteiger partial charge in [-0.3, -0.25) is 14.9 Å². The van der Waals surface area contributed by atoms with E-state index in [1.54, 1.807) is 16.7 Å². The Bertz CT molecular complexity index is 1300. The number of carboxylic acid groups (broad SMARTS) is 1. The van der Waals surface area contributed by atoms with Crippen molar-refractivity contribution in [1.82, 2.24) is 9.24 Å². The molecule has 0 bridgehead atoms. The Morgan fingerprint density at radius 1 is 1.07 bits per heavy atom. The number of anilines is 1. The fourth-order valence-electron chi connectivity index (χ4n) is 3.53. The molecule has 2 N–H and O–H groups in total. The van der Waals surface area contributed by atoms with Gasteiger partial charge in [0.05, 0.1) is 16.2 Å². The summed E-state index contributed by atoms with van der Waals surface area (Å²) in [7, 11) is 0. The molecule has 4 rings (SSSR count). The molecule has 0 aliphatic rings. The highest BCUT2D eigenvalue weighted by Gasteiger charge is 2.17. The number of pyridine rings is 1. The molecule has 0 atom stereocenters. The zero-order valence-corrected chi connectivity index (χ0v) is 17.3. The lowest BCUT2D eigenvalue weighted by molar-refractivity contribution is 0.0695. The lowest BCUT2D eigenvalue weighted by Crippen LogP contribution is -2.20. The van der Waals surface area contributed by atoms with Gasteiger partial charge in [-0.25, -0.2) is 4.79 Å². The number of fused-ring (bicyclic) bond motifs is 1. The summed E-state index contributed by atoms with van der Waals surface area (Å²) in [6.45, 7) is 4.31. The van der Waals surface area contributed by atoms with Crippen LogP contribution in [0.4, 0.5) is 5.69 Å². The van der Waals surface area contributed by atoms with E-state index in [1.807, 2.05) is 61.0 Å². The molecule has 4 aromatic rings. The van der Waals surface area contributed by atoms with Crippen LogP contribution in [-0.2, 0) is 6.54 Å². The maximum atomic E-state index is 12.9. The van der Waals surface area contributed by atoms with Crippen molar-refractivity contribution in [3.8, 4) is 0 Å². The third-order valence-electron chi connectivity index (χ3n) is 5.10. The molecule has 0 amide bonds. The second-order valence-electron chi connectivity index (χ2n) is 7.20. The number of aryl methyl sites for hydroxylation is 2.